The predicted octanol–water partition coefficient (Wildman–Crippen LogP) is 4.31. The summed E-state index contributed by atoms with van der Waals surface area (Å²) in [6, 6.07) is 4.96. The SMILES string of the molecule is CCC1([C@@H](O)C[C@@H]2c3c(F)cccc3-c3cncn32)CC2CCC(O)C(C2)C1. The number of aliphatic hydroxyl groups excluding tert-OH is 2. The molecule has 6 atom stereocenters. The van der Waals surface area contributed by atoms with Crippen molar-refractivity contribution in [1.29, 1.82) is 0 Å². The Morgan fingerprint density at radius 3 is 3.00 bits per heavy atom. The number of rotatable bonds is 4. The highest BCUT2D eigenvalue weighted by molar-refractivity contribution is 5.69. The Morgan fingerprint density at radius 2 is 2.18 bits per heavy atom. The maximum absolute atomic E-state index is 14.7. The molecule has 5 rings (SSSR count). The third-order valence-electron chi connectivity index (χ3n) is 7.94. The first-order valence-corrected chi connectivity index (χ1v) is 10.7. The van der Waals surface area contributed by atoms with Crippen LogP contribution in [0.4, 0.5) is 4.39 Å². The first-order valence-electron chi connectivity index (χ1n) is 10.7. The van der Waals surface area contributed by atoms with Crippen molar-refractivity contribution in [3.8, 4) is 11.3 Å². The van der Waals surface area contributed by atoms with Gasteiger partial charge < -0.3 is 14.8 Å². The van der Waals surface area contributed by atoms with E-state index in [1.807, 2.05) is 10.6 Å². The van der Waals surface area contributed by atoms with Gasteiger partial charge in [0.1, 0.15) is 5.82 Å². The molecule has 2 bridgehead atoms. The van der Waals surface area contributed by atoms with Crippen molar-refractivity contribution < 1.29 is 14.6 Å². The lowest BCUT2D eigenvalue weighted by molar-refractivity contribution is -0.0917. The lowest BCUT2D eigenvalue weighted by atomic mass is 9.56. The monoisotopic (exact) mass is 384 g/mol. The fourth-order valence-electron chi connectivity index (χ4n) is 6.42. The molecule has 4 unspecified atom stereocenters. The highest BCUT2D eigenvalue weighted by Gasteiger charge is 2.49. The Hall–Kier alpha value is -1.72. The standard InChI is InChI=1S/C23H29FN2O2/c1-2-23(10-14-6-7-20(27)15(8-14)11-23)21(28)9-18-22-16(4-3-5-17(22)24)19-12-25-13-26(18)19/h3-5,12-15,18,20-21,27-28H,2,6-11H2,1H3/t14?,15?,18-,20?,21+,23?/m1/s1. The Labute approximate surface area is 165 Å². The van der Waals surface area contributed by atoms with Crippen molar-refractivity contribution in [1.82, 2.24) is 9.55 Å². The lowest BCUT2D eigenvalue weighted by Crippen LogP contribution is -2.47. The number of fused-ring (bicyclic) bond motifs is 5. The molecule has 2 aromatic rings. The molecular formula is C23H29FN2O2. The van der Waals surface area contributed by atoms with Crippen LogP contribution >= 0.6 is 0 Å². The first kappa shape index (κ1) is 18.3. The van der Waals surface area contributed by atoms with Crippen LogP contribution in [0.25, 0.3) is 11.3 Å². The average molecular weight is 384 g/mol. The van der Waals surface area contributed by atoms with Crippen LogP contribution in [0.3, 0.4) is 0 Å². The van der Waals surface area contributed by atoms with Gasteiger partial charge in [-0.15, -0.1) is 0 Å². The second-order valence-electron chi connectivity index (χ2n) is 9.29. The van der Waals surface area contributed by atoms with Crippen LogP contribution < -0.4 is 0 Å². The minimum absolute atomic E-state index is 0.191. The van der Waals surface area contributed by atoms with Crippen LogP contribution in [0.15, 0.2) is 30.7 Å². The Bertz CT molecular complexity index is 881. The molecule has 150 valence electrons. The second kappa shape index (κ2) is 6.67. The fraction of sp³-hybridized carbons (Fsp3) is 0.609. The normalized spacial score (nSPS) is 34.7. The third-order valence-corrected chi connectivity index (χ3v) is 7.94. The van der Waals surface area contributed by atoms with E-state index in [0.29, 0.717) is 23.8 Å². The molecule has 1 aromatic carbocycles. The van der Waals surface area contributed by atoms with Gasteiger partial charge in [-0.25, -0.2) is 9.37 Å². The zero-order chi connectivity index (χ0) is 19.5. The van der Waals surface area contributed by atoms with Gasteiger partial charge in [-0.2, -0.15) is 0 Å². The van der Waals surface area contributed by atoms with Gasteiger partial charge in [0, 0.05) is 11.1 Å². The molecular weight excluding hydrogens is 355 g/mol. The molecule has 3 aliphatic rings. The number of imidazole rings is 1. The van der Waals surface area contributed by atoms with Crippen LogP contribution in [0.2, 0.25) is 0 Å². The maximum atomic E-state index is 14.7. The molecule has 2 heterocycles. The van der Waals surface area contributed by atoms with Gasteiger partial charge in [-0.1, -0.05) is 19.1 Å². The van der Waals surface area contributed by atoms with Gasteiger partial charge in [-0.3, -0.25) is 0 Å². The van der Waals surface area contributed by atoms with E-state index in [1.54, 1.807) is 18.6 Å². The van der Waals surface area contributed by atoms with Crippen LogP contribution in [0.5, 0.6) is 0 Å². The van der Waals surface area contributed by atoms with Crippen molar-refractivity contribution in [2.75, 3.05) is 0 Å². The number of aromatic nitrogens is 2. The van der Waals surface area contributed by atoms with E-state index in [4.69, 9.17) is 0 Å². The zero-order valence-electron chi connectivity index (χ0n) is 16.4. The Balaban J connectivity index is 1.46. The fourth-order valence-corrected chi connectivity index (χ4v) is 6.42. The van der Waals surface area contributed by atoms with Crippen LogP contribution in [-0.2, 0) is 0 Å². The van der Waals surface area contributed by atoms with Crippen LogP contribution in [-0.4, -0.2) is 32.0 Å². The van der Waals surface area contributed by atoms with Crippen LogP contribution in [0, 0.1) is 23.1 Å². The third kappa shape index (κ3) is 2.66. The first-order chi connectivity index (χ1) is 13.5. The van der Waals surface area contributed by atoms with Gasteiger partial charge in [0.2, 0.25) is 0 Å². The number of hydrogen-bond donors (Lipinski definition) is 2. The zero-order valence-corrected chi connectivity index (χ0v) is 16.4. The molecule has 2 fully saturated rings. The minimum atomic E-state index is -0.529. The van der Waals surface area contributed by atoms with Crippen molar-refractivity contribution in [3.05, 3.63) is 42.1 Å². The molecule has 2 aliphatic carbocycles. The van der Waals surface area contributed by atoms with E-state index in [2.05, 4.69) is 11.9 Å². The summed E-state index contributed by atoms with van der Waals surface area (Å²) in [5, 5.41) is 21.9. The largest absolute Gasteiger partial charge is 0.393 e. The number of benzene rings is 1. The molecule has 1 aromatic heterocycles. The van der Waals surface area contributed by atoms with E-state index < -0.39 is 6.10 Å². The summed E-state index contributed by atoms with van der Waals surface area (Å²) in [6.07, 6.45) is 9.07. The summed E-state index contributed by atoms with van der Waals surface area (Å²) in [6.45, 7) is 2.16. The quantitative estimate of drug-likeness (QED) is 0.826. The summed E-state index contributed by atoms with van der Waals surface area (Å²) in [4.78, 5) is 4.26. The van der Waals surface area contributed by atoms with Crippen molar-refractivity contribution in [2.45, 2.75) is 70.1 Å². The smallest absolute Gasteiger partial charge is 0.129 e. The summed E-state index contributed by atoms with van der Waals surface area (Å²) >= 11 is 0. The van der Waals surface area contributed by atoms with E-state index >= 15 is 0 Å². The Morgan fingerprint density at radius 1 is 1.32 bits per heavy atom. The Kier molecular flexibility index (Phi) is 4.36. The van der Waals surface area contributed by atoms with Gasteiger partial charge in [-0.05, 0) is 68.3 Å². The minimum Gasteiger partial charge on any atom is -0.393 e. The molecule has 5 heteroatoms. The molecule has 0 amide bonds. The number of nitrogens with zero attached hydrogens (tertiary/aromatic N) is 2. The van der Waals surface area contributed by atoms with E-state index in [-0.39, 0.29) is 23.4 Å². The molecule has 28 heavy (non-hydrogen) atoms. The van der Waals surface area contributed by atoms with Gasteiger partial charge in [0.15, 0.2) is 0 Å². The summed E-state index contributed by atoms with van der Waals surface area (Å²) in [7, 11) is 0. The summed E-state index contributed by atoms with van der Waals surface area (Å²) in [5.41, 5.74) is 2.30. The van der Waals surface area contributed by atoms with E-state index in [1.165, 1.54) is 6.07 Å². The topological polar surface area (TPSA) is 58.3 Å². The van der Waals surface area contributed by atoms with Crippen LogP contribution in [0.1, 0.15) is 63.5 Å². The van der Waals surface area contributed by atoms with Gasteiger partial charge >= 0.3 is 0 Å². The molecule has 0 spiro atoms. The molecule has 1 aliphatic heterocycles. The van der Waals surface area contributed by atoms with Crippen molar-refractivity contribution in [3.63, 3.8) is 0 Å². The average Bonchev–Trinajstić information content (AvgIpc) is 3.28. The van der Waals surface area contributed by atoms with Gasteiger partial charge in [0.05, 0.1) is 36.5 Å². The summed E-state index contributed by atoms with van der Waals surface area (Å²) in [5.74, 6) is 0.673. The van der Waals surface area contributed by atoms with E-state index in [0.717, 1.165) is 49.8 Å². The molecule has 2 N–H and O–H groups in total. The molecule has 2 saturated carbocycles. The highest BCUT2D eigenvalue weighted by atomic mass is 19.1. The molecule has 0 radical (unpaired) electrons. The van der Waals surface area contributed by atoms with Crippen molar-refractivity contribution >= 4 is 0 Å². The maximum Gasteiger partial charge on any atom is 0.129 e. The predicted molar refractivity (Wildman–Crippen MR) is 105 cm³/mol. The lowest BCUT2D eigenvalue weighted by Gasteiger charge is -2.51. The number of aliphatic hydroxyl groups is 2. The number of halogens is 1. The van der Waals surface area contributed by atoms with Crippen molar-refractivity contribution in [2.24, 2.45) is 17.3 Å². The summed E-state index contributed by atoms with van der Waals surface area (Å²) < 4.78 is 16.8. The van der Waals surface area contributed by atoms with E-state index in [9.17, 15) is 14.6 Å². The molecule has 4 nitrogen and oxygen atoms in total. The second-order valence-corrected chi connectivity index (χ2v) is 9.29. The van der Waals surface area contributed by atoms with Gasteiger partial charge in [0.25, 0.3) is 0 Å². The highest BCUT2D eigenvalue weighted by Crippen LogP contribution is 2.54. The molecule has 0 saturated heterocycles. The number of hydrogen-bond acceptors (Lipinski definition) is 3.